The van der Waals surface area contributed by atoms with Gasteiger partial charge in [0, 0.05) is 112 Å². The largest absolute Gasteiger partial charge is 0.364 e. The van der Waals surface area contributed by atoms with E-state index in [1.807, 2.05) is 171 Å². The van der Waals surface area contributed by atoms with Crippen molar-refractivity contribution in [2.45, 2.75) is 209 Å². The molecule has 6 aliphatic heterocycles. The highest BCUT2D eigenvalue weighted by Crippen LogP contribution is 2.54. The molecule has 31 nitrogen and oxygen atoms in total. The van der Waals surface area contributed by atoms with E-state index >= 15 is 27.6 Å². The lowest BCUT2D eigenvalue weighted by atomic mass is 9.89. The number of aromatic amines is 3. The summed E-state index contributed by atoms with van der Waals surface area (Å²) in [4.78, 5) is 174. The molecule has 0 bridgehead atoms. The number of aromatic nitrogens is 15. The fourth-order valence-corrected chi connectivity index (χ4v) is 23.7. The second-order valence-corrected chi connectivity index (χ2v) is 41.9. The monoisotopic (exact) mass is 2050 g/mol. The first kappa shape index (κ1) is 101. The standard InChI is InChI=1S/C37H38ClFN8O3.C37H39ClFN7O2.C36H36ClFN8O3/c1-9-25(48)45-14-24-36(49)44(8)35-33(46(24)13-20(45)7)21-12-22(39)27(26-19(6)10-11-23-31(26)43-15-40-23)28(38)32(21)47(37(35)50)34-29(17(2)3)41-16-42-30(34)18(4)5;1-8-27(47)44-15-22-10-11-23-34(45(22)14-21(44)7)24-13-25(39)29(28-20(6)9-12-26-33(28)43-16-40-26)30(38)35(24)46(37(23)48)36-31(18(2)3)41-17-42-32(36)19(4)5;1-8-24(47)44-13-23-35(48)43-31-33(45(23)12-19(44)7)20-11-21(38)26(25-18(6)9-10-22-30(25)42-14-39-22)27(37)32(20)46(36(31)49)34-28(16(2)3)40-15-41-29(34)17(4)5/h9-12,15-18,20,24H,1,13-14H2,2-8H3,(H,40,43);8-9,12-13,16-19,21-22H,1,10-11,14-15H2,2-7H3,(H,40,43);8-11,14-17,19,23H,1,12-13H2,2-7H3,(H,39,42)(H,43,48). The van der Waals surface area contributed by atoms with E-state index in [1.165, 1.54) is 70.2 Å². The lowest BCUT2D eigenvalue weighted by Gasteiger charge is -2.50. The molecule has 5 amide bonds. The van der Waals surface area contributed by atoms with Gasteiger partial charge in [0.25, 0.3) is 22.6 Å². The molecule has 15 aromatic rings. The molecule has 0 spiro atoms. The van der Waals surface area contributed by atoms with Crippen LogP contribution >= 0.6 is 34.8 Å². The molecule has 758 valence electrons. The Morgan fingerprint density at radius 2 is 0.728 bits per heavy atom. The molecule has 6 unspecified atom stereocenters. The van der Waals surface area contributed by atoms with Crippen LogP contribution in [0.5, 0.6) is 0 Å². The third-order valence-electron chi connectivity index (χ3n) is 29.6. The predicted molar refractivity (Wildman–Crippen MR) is 572 cm³/mol. The highest BCUT2D eigenvalue weighted by Gasteiger charge is 2.50. The first-order valence-electron chi connectivity index (χ1n) is 49.4. The van der Waals surface area contributed by atoms with Crippen molar-refractivity contribution >= 4 is 159 Å². The van der Waals surface area contributed by atoms with E-state index in [4.69, 9.17) is 34.8 Å². The number of pyridine rings is 3. The average molecular weight is 2050 g/mol. The van der Waals surface area contributed by atoms with Crippen molar-refractivity contribution in [3.05, 3.63) is 251 Å². The Bertz CT molecular complexity index is 8270. The molecule has 6 aromatic carbocycles. The Morgan fingerprint density at radius 1 is 0.401 bits per heavy atom. The van der Waals surface area contributed by atoms with Crippen molar-refractivity contribution in [3.63, 3.8) is 0 Å². The molecule has 0 saturated carbocycles. The Labute approximate surface area is 860 Å². The van der Waals surface area contributed by atoms with Crippen molar-refractivity contribution < 1.29 is 37.1 Å². The van der Waals surface area contributed by atoms with Crippen LogP contribution in [0, 0.1) is 38.2 Å². The zero-order valence-electron chi connectivity index (χ0n) is 85.1. The lowest BCUT2D eigenvalue weighted by molar-refractivity contribution is -0.132. The summed E-state index contributed by atoms with van der Waals surface area (Å²) in [7, 11) is 1.54. The Hall–Kier alpha value is -14.8. The number of aryl methyl sites for hydroxylation is 3. The molecule has 15 heterocycles. The summed E-state index contributed by atoms with van der Waals surface area (Å²) < 4.78 is 55.4. The van der Waals surface area contributed by atoms with Crippen LogP contribution in [0.15, 0.2) is 145 Å². The summed E-state index contributed by atoms with van der Waals surface area (Å²) in [6, 6.07) is 13.0. The van der Waals surface area contributed by atoms with Gasteiger partial charge in [0.15, 0.2) is 0 Å². The zero-order chi connectivity index (χ0) is 105. The van der Waals surface area contributed by atoms with Crippen molar-refractivity contribution in [2.75, 3.05) is 71.2 Å². The number of nitrogens with one attached hydrogen (secondary N) is 4. The van der Waals surface area contributed by atoms with Crippen molar-refractivity contribution in [2.24, 2.45) is 0 Å². The molecule has 0 aliphatic carbocycles. The summed E-state index contributed by atoms with van der Waals surface area (Å²) in [5.41, 5.74) is 15.0. The molecule has 3 saturated heterocycles. The molecule has 9 aromatic heterocycles. The maximum Gasteiger partial charge on any atom is 0.281 e. The smallest absolute Gasteiger partial charge is 0.281 e. The summed E-state index contributed by atoms with van der Waals surface area (Å²) in [6.07, 6.45) is 14.1. The Balaban J connectivity index is 0.000000139. The highest BCUT2D eigenvalue weighted by molar-refractivity contribution is 6.41. The maximum atomic E-state index is 17.0. The van der Waals surface area contributed by atoms with E-state index in [-0.39, 0.29) is 169 Å². The zero-order valence-corrected chi connectivity index (χ0v) is 87.4. The van der Waals surface area contributed by atoms with Crippen LogP contribution in [0.4, 0.5) is 41.6 Å². The summed E-state index contributed by atoms with van der Waals surface area (Å²) in [5.74, 6) is -3.93. The first-order valence-corrected chi connectivity index (χ1v) is 50.5. The number of likely N-dealkylation sites (N-methyl/N-ethyl adjacent to an activating group) is 1. The van der Waals surface area contributed by atoms with Gasteiger partial charge in [-0.2, -0.15) is 0 Å². The molecule has 3 fully saturated rings. The molecule has 4 N–H and O–H groups in total. The normalized spacial score (nSPS) is 17.7. The Kier molecular flexibility index (Phi) is 26.5. The summed E-state index contributed by atoms with van der Waals surface area (Å²) in [6.45, 7) is 47.7. The highest BCUT2D eigenvalue weighted by atomic mass is 35.5. The maximum absolute atomic E-state index is 17.0. The van der Waals surface area contributed by atoms with E-state index in [2.05, 4.69) is 89.8 Å². The Morgan fingerprint density at radius 3 is 1.10 bits per heavy atom. The van der Waals surface area contributed by atoms with Gasteiger partial charge in [-0.3, -0.25) is 52.1 Å². The molecular weight excluding hydrogens is 1930 g/mol. The number of anilines is 5. The minimum atomic E-state index is -0.842. The van der Waals surface area contributed by atoms with E-state index in [1.54, 1.807) is 44.6 Å². The van der Waals surface area contributed by atoms with E-state index in [9.17, 15) is 24.0 Å². The van der Waals surface area contributed by atoms with E-state index in [0.29, 0.717) is 166 Å². The molecule has 0 radical (unpaired) electrons. The number of halogens is 6. The number of fused-ring (bicyclic) bond motifs is 18. The van der Waals surface area contributed by atoms with Crippen LogP contribution in [-0.2, 0) is 30.4 Å². The number of carbonyl (C=O) groups excluding carboxylic acids is 5. The number of nitrogens with zero attached hydrogens (tertiary/aromatic N) is 19. The number of rotatable bonds is 15. The quantitative estimate of drug-likeness (QED) is 0.0693. The first-order chi connectivity index (χ1) is 70.1. The van der Waals surface area contributed by atoms with Crippen LogP contribution in [0.25, 0.3) is 116 Å². The molecule has 6 aliphatic rings. The van der Waals surface area contributed by atoms with Crippen molar-refractivity contribution in [1.29, 1.82) is 0 Å². The number of hydrogen-bond acceptors (Lipinski definition) is 20. The van der Waals surface area contributed by atoms with Crippen LogP contribution in [-0.4, -0.2) is 200 Å². The van der Waals surface area contributed by atoms with Gasteiger partial charge in [0.2, 0.25) is 23.6 Å². The molecule has 6 atom stereocenters. The lowest BCUT2D eigenvalue weighted by Crippen LogP contribution is -2.66. The molecule has 21 rings (SSSR count). The molecule has 37 heteroatoms. The van der Waals surface area contributed by atoms with E-state index < -0.39 is 46.6 Å². The predicted octanol–water partition coefficient (Wildman–Crippen LogP) is 19.7. The molecule has 147 heavy (non-hydrogen) atoms. The minimum Gasteiger partial charge on any atom is -0.364 e. The number of benzene rings is 6. The van der Waals surface area contributed by atoms with Crippen molar-refractivity contribution in [1.82, 2.24) is 88.2 Å². The fourth-order valence-electron chi connectivity index (χ4n) is 22.6. The number of H-pyrrole nitrogens is 3. The van der Waals surface area contributed by atoms with E-state index in [0.717, 1.165) is 22.2 Å². The van der Waals surface area contributed by atoms with Crippen LogP contribution in [0.2, 0.25) is 15.1 Å². The van der Waals surface area contributed by atoms with Gasteiger partial charge in [0.1, 0.15) is 59.9 Å². The molecular formula is C110H113Cl3F3N23O8. The van der Waals surface area contributed by atoms with Crippen LogP contribution < -0.4 is 41.6 Å². The SMILES string of the molecule is C=CC(=O)N1CC2C(=O)N(C)c3c(c4cc(F)c(-c5c(C)ccc6[nH]cnc56)c(Cl)c4n(-c4c(C(C)C)ncnc4C(C)C)c3=O)N2CC1C.C=CC(=O)N1CC2C(=O)Nc3c(c4cc(F)c(-c5c(C)ccc6[nH]cnc56)c(Cl)c4n(-c4c(C(C)C)ncnc4C(C)C)c3=O)N2CC1C.C=CC(=O)N1CC2CCc3c(c4cc(F)c(-c5c(C)ccc6[nH]cnc56)c(Cl)c4n(-c4c(C(C)C)ncnc4C(C)C)c3=O)N2CC1C. The van der Waals surface area contributed by atoms with Gasteiger partial charge in [-0.15, -0.1) is 0 Å². The summed E-state index contributed by atoms with van der Waals surface area (Å²) in [5, 5.41) is 4.17. The number of imidazole rings is 3. The number of hydrogen-bond donors (Lipinski definition) is 4. The fraction of sp³-hybridized carbons (Fsp3) is 0.355. The third kappa shape index (κ3) is 16.3. The van der Waals surface area contributed by atoms with Gasteiger partial charge in [-0.1, -0.05) is 156 Å². The van der Waals surface area contributed by atoms with Gasteiger partial charge in [0.05, 0.1) is 165 Å². The second-order valence-electron chi connectivity index (χ2n) is 40.8. The van der Waals surface area contributed by atoms with Crippen molar-refractivity contribution in [3.8, 4) is 50.4 Å². The number of piperazine rings is 3. The third-order valence-corrected chi connectivity index (χ3v) is 30.7. The average Bonchev–Trinajstić information content (AvgIpc) is 1.08. The minimum absolute atomic E-state index is 0.00346. The summed E-state index contributed by atoms with van der Waals surface area (Å²) >= 11 is 22.4. The van der Waals surface area contributed by atoms with Gasteiger partial charge >= 0.3 is 0 Å². The van der Waals surface area contributed by atoms with Crippen LogP contribution in [0.1, 0.15) is 202 Å². The topological polar surface area (TPSA) is 349 Å². The van der Waals surface area contributed by atoms with Crippen LogP contribution in [0.3, 0.4) is 0 Å². The number of carbonyl (C=O) groups is 5. The second kappa shape index (κ2) is 38.6. The van der Waals surface area contributed by atoms with Gasteiger partial charge in [-0.05, 0) is 161 Å². The number of amides is 5. The van der Waals surface area contributed by atoms with Gasteiger partial charge in [-0.25, -0.2) is 58.0 Å². The van der Waals surface area contributed by atoms with Gasteiger partial charge < -0.3 is 54.6 Å².